The maximum atomic E-state index is 11.6. The quantitative estimate of drug-likeness (QED) is 0.647. The van der Waals surface area contributed by atoms with Crippen molar-refractivity contribution in [2.45, 2.75) is 26.3 Å². The fraction of sp³-hybridized carbons (Fsp3) is 0.500. The molecule has 19 heavy (non-hydrogen) atoms. The maximum Gasteiger partial charge on any atom is 0.223 e. The number of ether oxygens (including phenoxy) is 1. The number of carbonyl (C=O) groups excluding carboxylic acids is 1. The Morgan fingerprint density at radius 2 is 2.00 bits per heavy atom. The minimum atomic E-state index is -0.205. The predicted octanol–water partition coefficient (Wildman–Crippen LogP) is 1.17. The number of nitrogen functional groups attached to an aromatic ring is 1. The van der Waals surface area contributed by atoms with Crippen molar-refractivity contribution in [1.29, 1.82) is 0 Å². The summed E-state index contributed by atoms with van der Waals surface area (Å²) in [6, 6.07) is 6.81. The number of carbonyl (C=O) groups is 1. The first-order chi connectivity index (χ1) is 9.02. The van der Waals surface area contributed by atoms with Gasteiger partial charge in [-0.15, -0.1) is 0 Å². The predicted molar refractivity (Wildman–Crippen MR) is 74.8 cm³/mol. The second-order valence-corrected chi connectivity index (χ2v) is 4.77. The molecule has 1 unspecified atom stereocenters. The third kappa shape index (κ3) is 5.61. The lowest BCUT2D eigenvalue weighted by Crippen LogP contribution is -2.41. The zero-order valence-corrected chi connectivity index (χ0v) is 11.4. The molecular formula is C14H22N2O3. The van der Waals surface area contributed by atoms with E-state index in [1.807, 2.05) is 13.8 Å². The number of aliphatic hydroxyl groups excluding tert-OH is 1. The fourth-order valence-electron chi connectivity index (χ4n) is 1.53. The van der Waals surface area contributed by atoms with Gasteiger partial charge in [-0.1, -0.05) is 13.8 Å². The molecule has 1 atom stereocenters. The van der Waals surface area contributed by atoms with Crippen molar-refractivity contribution in [3.8, 4) is 5.75 Å². The standard InChI is InChI=1S/C14H22N2O3/c1-10(2)13(9-17)16-14(18)7-8-19-12-5-3-11(15)4-6-12/h3-6,10,13,17H,7-9,15H2,1-2H3,(H,16,18). The van der Waals surface area contributed by atoms with Crippen molar-refractivity contribution in [1.82, 2.24) is 5.32 Å². The maximum absolute atomic E-state index is 11.6. The van der Waals surface area contributed by atoms with Gasteiger partial charge in [0.2, 0.25) is 5.91 Å². The Morgan fingerprint density at radius 3 is 2.53 bits per heavy atom. The number of hydrogen-bond acceptors (Lipinski definition) is 4. The Labute approximate surface area is 113 Å². The lowest BCUT2D eigenvalue weighted by Gasteiger charge is -2.19. The fourth-order valence-corrected chi connectivity index (χ4v) is 1.53. The molecule has 0 fully saturated rings. The van der Waals surface area contributed by atoms with Gasteiger partial charge in [0, 0.05) is 5.69 Å². The van der Waals surface area contributed by atoms with Crippen LogP contribution < -0.4 is 15.8 Å². The van der Waals surface area contributed by atoms with Crippen LogP contribution >= 0.6 is 0 Å². The number of benzene rings is 1. The van der Waals surface area contributed by atoms with E-state index in [1.54, 1.807) is 24.3 Å². The average molecular weight is 266 g/mol. The summed E-state index contributed by atoms with van der Waals surface area (Å²) in [5, 5.41) is 11.9. The molecule has 0 bridgehead atoms. The minimum absolute atomic E-state index is 0.0533. The molecule has 0 aliphatic heterocycles. The van der Waals surface area contributed by atoms with Gasteiger partial charge in [-0.25, -0.2) is 0 Å². The van der Waals surface area contributed by atoms with E-state index in [0.29, 0.717) is 18.0 Å². The smallest absolute Gasteiger partial charge is 0.223 e. The molecule has 1 aromatic carbocycles. The van der Waals surface area contributed by atoms with E-state index >= 15 is 0 Å². The third-order valence-corrected chi connectivity index (χ3v) is 2.83. The summed E-state index contributed by atoms with van der Waals surface area (Å²) in [4.78, 5) is 11.6. The largest absolute Gasteiger partial charge is 0.493 e. The third-order valence-electron chi connectivity index (χ3n) is 2.83. The molecule has 5 nitrogen and oxygen atoms in total. The normalized spacial score (nSPS) is 12.2. The molecule has 0 aromatic heterocycles. The van der Waals surface area contributed by atoms with Gasteiger partial charge >= 0.3 is 0 Å². The van der Waals surface area contributed by atoms with Gasteiger partial charge in [0.15, 0.2) is 0 Å². The molecule has 0 aliphatic carbocycles. The van der Waals surface area contributed by atoms with E-state index in [9.17, 15) is 4.79 Å². The molecule has 5 heteroatoms. The molecule has 4 N–H and O–H groups in total. The number of aliphatic hydroxyl groups is 1. The van der Waals surface area contributed by atoms with E-state index in [-0.39, 0.29) is 30.9 Å². The van der Waals surface area contributed by atoms with Crippen molar-refractivity contribution in [2.24, 2.45) is 5.92 Å². The van der Waals surface area contributed by atoms with Crippen LogP contribution in [0, 0.1) is 5.92 Å². The second-order valence-electron chi connectivity index (χ2n) is 4.77. The van der Waals surface area contributed by atoms with Crippen molar-refractivity contribution >= 4 is 11.6 Å². The van der Waals surface area contributed by atoms with Crippen LogP contribution in [-0.4, -0.2) is 30.3 Å². The number of anilines is 1. The molecule has 0 aliphatic rings. The van der Waals surface area contributed by atoms with Crippen LogP contribution in [-0.2, 0) is 4.79 Å². The molecule has 1 rings (SSSR count). The molecule has 1 amide bonds. The Balaban J connectivity index is 2.29. The Hall–Kier alpha value is -1.75. The first-order valence-corrected chi connectivity index (χ1v) is 6.41. The van der Waals surface area contributed by atoms with Crippen LogP contribution in [0.1, 0.15) is 20.3 Å². The van der Waals surface area contributed by atoms with E-state index < -0.39 is 0 Å². The van der Waals surface area contributed by atoms with Crippen LogP contribution in [0.4, 0.5) is 5.69 Å². The molecule has 0 spiro atoms. The number of nitrogens with one attached hydrogen (secondary N) is 1. The molecule has 0 saturated carbocycles. The molecule has 0 saturated heterocycles. The highest BCUT2D eigenvalue weighted by Crippen LogP contribution is 2.13. The first kappa shape index (κ1) is 15.3. The van der Waals surface area contributed by atoms with Gasteiger partial charge < -0.3 is 20.9 Å². The number of rotatable bonds is 7. The summed E-state index contributed by atoms with van der Waals surface area (Å²) in [5.41, 5.74) is 6.23. The summed E-state index contributed by atoms with van der Waals surface area (Å²) in [5.74, 6) is 0.764. The highest BCUT2D eigenvalue weighted by atomic mass is 16.5. The Bertz CT molecular complexity index is 390. The van der Waals surface area contributed by atoms with Gasteiger partial charge in [-0.2, -0.15) is 0 Å². The van der Waals surface area contributed by atoms with Crippen molar-refractivity contribution < 1.29 is 14.6 Å². The van der Waals surface area contributed by atoms with Gasteiger partial charge in [-0.05, 0) is 30.2 Å². The van der Waals surface area contributed by atoms with E-state index in [2.05, 4.69) is 5.32 Å². The van der Waals surface area contributed by atoms with Gasteiger partial charge in [0.1, 0.15) is 5.75 Å². The Morgan fingerprint density at radius 1 is 1.37 bits per heavy atom. The van der Waals surface area contributed by atoms with Crippen LogP contribution in [0.2, 0.25) is 0 Å². The van der Waals surface area contributed by atoms with Crippen LogP contribution in [0.5, 0.6) is 5.75 Å². The van der Waals surface area contributed by atoms with Crippen molar-refractivity contribution in [3.05, 3.63) is 24.3 Å². The van der Waals surface area contributed by atoms with Crippen molar-refractivity contribution in [2.75, 3.05) is 18.9 Å². The number of amides is 1. The second kappa shape index (κ2) is 7.63. The molecule has 106 valence electrons. The molecule has 0 heterocycles. The molecule has 1 aromatic rings. The molecule has 0 radical (unpaired) electrons. The number of hydrogen-bond donors (Lipinski definition) is 3. The van der Waals surface area contributed by atoms with Gasteiger partial charge in [0.05, 0.1) is 25.7 Å². The summed E-state index contributed by atoms with van der Waals surface area (Å²) in [6.45, 7) is 4.15. The Kier molecular flexibility index (Phi) is 6.15. The van der Waals surface area contributed by atoms with E-state index in [4.69, 9.17) is 15.6 Å². The van der Waals surface area contributed by atoms with E-state index in [1.165, 1.54) is 0 Å². The topological polar surface area (TPSA) is 84.6 Å². The summed E-state index contributed by atoms with van der Waals surface area (Å²) >= 11 is 0. The number of nitrogens with two attached hydrogens (primary N) is 1. The van der Waals surface area contributed by atoms with Crippen molar-refractivity contribution in [3.63, 3.8) is 0 Å². The van der Waals surface area contributed by atoms with Crippen LogP contribution in [0.15, 0.2) is 24.3 Å². The average Bonchev–Trinajstić information content (AvgIpc) is 2.38. The van der Waals surface area contributed by atoms with Crippen LogP contribution in [0.3, 0.4) is 0 Å². The minimum Gasteiger partial charge on any atom is -0.493 e. The van der Waals surface area contributed by atoms with Crippen LogP contribution in [0.25, 0.3) is 0 Å². The highest BCUT2D eigenvalue weighted by molar-refractivity contribution is 5.76. The molecular weight excluding hydrogens is 244 g/mol. The zero-order chi connectivity index (χ0) is 14.3. The van der Waals surface area contributed by atoms with Gasteiger partial charge in [-0.3, -0.25) is 4.79 Å². The SMILES string of the molecule is CC(C)C(CO)NC(=O)CCOc1ccc(N)cc1. The van der Waals surface area contributed by atoms with Gasteiger partial charge in [0.25, 0.3) is 0 Å². The highest BCUT2D eigenvalue weighted by Gasteiger charge is 2.14. The monoisotopic (exact) mass is 266 g/mol. The summed E-state index contributed by atoms with van der Waals surface area (Å²) < 4.78 is 5.43. The first-order valence-electron chi connectivity index (χ1n) is 6.41. The lowest BCUT2D eigenvalue weighted by atomic mass is 10.1. The summed E-state index contributed by atoms with van der Waals surface area (Å²) in [7, 11) is 0. The van der Waals surface area contributed by atoms with E-state index in [0.717, 1.165) is 0 Å². The lowest BCUT2D eigenvalue weighted by molar-refractivity contribution is -0.122. The summed E-state index contributed by atoms with van der Waals surface area (Å²) in [6.07, 6.45) is 0.258. The zero-order valence-electron chi connectivity index (χ0n) is 11.4.